The average Bonchev–Trinajstić information content (AvgIpc) is 2.62. The molecule has 0 heterocycles. The summed E-state index contributed by atoms with van der Waals surface area (Å²) in [6.45, 7) is 6.03. The van der Waals surface area contributed by atoms with Crippen LogP contribution in [0.4, 0.5) is 0 Å². The van der Waals surface area contributed by atoms with Gasteiger partial charge in [-0.3, -0.25) is 4.79 Å². The minimum Gasteiger partial charge on any atom is -0.480 e. The number of ether oxygens (including phenoxy) is 1. The van der Waals surface area contributed by atoms with E-state index in [1.807, 2.05) is 39.0 Å². The number of rotatable bonds is 5. The molecule has 2 atom stereocenters. The molecule has 0 aromatic heterocycles. The van der Waals surface area contributed by atoms with Crippen molar-refractivity contribution >= 4 is 5.91 Å². The normalized spacial score (nSPS) is 17.5. The van der Waals surface area contributed by atoms with E-state index in [1.54, 1.807) is 0 Å². The second kappa shape index (κ2) is 7.73. The largest absolute Gasteiger partial charge is 0.480 e. The Balaban J connectivity index is 1.72. The van der Waals surface area contributed by atoms with Crippen LogP contribution in [0.15, 0.2) is 42.5 Å². The Morgan fingerprint density at radius 1 is 1.24 bits per heavy atom. The molecule has 0 bridgehead atoms. The van der Waals surface area contributed by atoms with Crippen LogP contribution in [0.3, 0.4) is 0 Å². The van der Waals surface area contributed by atoms with Gasteiger partial charge in [-0.2, -0.15) is 0 Å². The van der Waals surface area contributed by atoms with E-state index in [9.17, 15) is 4.79 Å². The van der Waals surface area contributed by atoms with Gasteiger partial charge in [0.25, 0.3) is 5.91 Å². The van der Waals surface area contributed by atoms with Crippen molar-refractivity contribution in [2.45, 2.75) is 58.6 Å². The van der Waals surface area contributed by atoms with Crippen LogP contribution in [0.2, 0.25) is 0 Å². The first kappa shape index (κ1) is 17.5. The van der Waals surface area contributed by atoms with E-state index in [0.29, 0.717) is 6.42 Å². The summed E-state index contributed by atoms with van der Waals surface area (Å²) in [5, 5.41) is 3.22. The highest BCUT2D eigenvalue weighted by Crippen LogP contribution is 2.30. The Morgan fingerprint density at radius 3 is 2.84 bits per heavy atom. The van der Waals surface area contributed by atoms with Crippen LogP contribution in [-0.2, 0) is 11.2 Å². The van der Waals surface area contributed by atoms with Gasteiger partial charge < -0.3 is 10.1 Å². The van der Waals surface area contributed by atoms with Gasteiger partial charge in [0.15, 0.2) is 6.10 Å². The van der Waals surface area contributed by atoms with Crippen molar-refractivity contribution in [1.29, 1.82) is 0 Å². The van der Waals surface area contributed by atoms with E-state index < -0.39 is 6.10 Å². The number of hydrogen-bond donors (Lipinski definition) is 1. The molecule has 1 N–H and O–H groups in total. The first-order chi connectivity index (χ1) is 12.1. The Kier molecular flexibility index (Phi) is 5.42. The molecule has 0 saturated carbocycles. The molecule has 0 saturated heterocycles. The number of nitrogens with one attached hydrogen (secondary N) is 1. The van der Waals surface area contributed by atoms with Gasteiger partial charge in [-0.15, -0.1) is 0 Å². The van der Waals surface area contributed by atoms with Crippen LogP contribution in [0.5, 0.6) is 5.75 Å². The van der Waals surface area contributed by atoms with Gasteiger partial charge in [-0.1, -0.05) is 43.3 Å². The summed E-state index contributed by atoms with van der Waals surface area (Å²) in [6, 6.07) is 14.6. The van der Waals surface area contributed by atoms with E-state index in [-0.39, 0.29) is 11.9 Å². The van der Waals surface area contributed by atoms with Crippen molar-refractivity contribution < 1.29 is 9.53 Å². The van der Waals surface area contributed by atoms with Gasteiger partial charge in [0.05, 0.1) is 6.04 Å². The number of amides is 1. The van der Waals surface area contributed by atoms with E-state index in [4.69, 9.17) is 4.74 Å². The van der Waals surface area contributed by atoms with Crippen molar-refractivity contribution in [3.8, 4) is 5.75 Å². The quantitative estimate of drug-likeness (QED) is 0.862. The molecule has 0 unspecified atom stereocenters. The smallest absolute Gasteiger partial charge is 0.261 e. The van der Waals surface area contributed by atoms with Crippen molar-refractivity contribution in [3.05, 3.63) is 64.7 Å². The van der Waals surface area contributed by atoms with E-state index >= 15 is 0 Å². The first-order valence-electron chi connectivity index (χ1n) is 9.20. The maximum atomic E-state index is 12.8. The lowest BCUT2D eigenvalue weighted by Gasteiger charge is -2.28. The zero-order valence-electron chi connectivity index (χ0n) is 15.3. The molecule has 3 nitrogen and oxygen atoms in total. The molecule has 0 spiro atoms. The van der Waals surface area contributed by atoms with Gasteiger partial charge in [-0.05, 0) is 67.9 Å². The van der Waals surface area contributed by atoms with Crippen molar-refractivity contribution in [1.82, 2.24) is 5.32 Å². The van der Waals surface area contributed by atoms with Crippen molar-refractivity contribution in [2.24, 2.45) is 0 Å². The number of fused-ring (bicyclic) bond motifs is 1. The molecular formula is C22H27NO2. The summed E-state index contributed by atoms with van der Waals surface area (Å²) in [5.41, 5.74) is 4.79. The summed E-state index contributed by atoms with van der Waals surface area (Å²) >= 11 is 0. The van der Waals surface area contributed by atoms with Crippen LogP contribution < -0.4 is 10.1 Å². The lowest BCUT2D eigenvalue weighted by atomic mass is 9.87. The monoisotopic (exact) mass is 337 g/mol. The SMILES string of the molecule is CC[C@@H](Oc1cc(C)ccc1C)C(=O)N[C@H]1CCCc2ccccc21. The fraction of sp³-hybridized carbons (Fsp3) is 0.409. The summed E-state index contributed by atoms with van der Waals surface area (Å²) in [7, 11) is 0. The molecule has 2 aromatic rings. The molecule has 132 valence electrons. The molecule has 1 aliphatic carbocycles. The van der Waals surface area contributed by atoms with E-state index in [0.717, 1.165) is 36.1 Å². The van der Waals surface area contributed by atoms with Crippen molar-refractivity contribution in [2.75, 3.05) is 0 Å². The highest BCUT2D eigenvalue weighted by atomic mass is 16.5. The predicted octanol–water partition coefficient (Wildman–Crippen LogP) is 4.65. The zero-order chi connectivity index (χ0) is 17.8. The lowest BCUT2D eigenvalue weighted by Crippen LogP contribution is -2.41. The summed E-state index contributed by atoms with van der Waals surface area (Å²) < 4.78 is 6.05. The second-order valence-electron chi connectivity index (χ2n) is 6.94. The minimum atomic E-state index is -0.463. The van der Waals surface area contributed by atoms with Gasteiger partial charge in [0.1, 0.15) is 5.75 Å². The van der Waals surface area contributed by atoms with E-state index in [1.165, 1.54) is 11.1 Å². The number of benzene rings is 2. The Labute approximate surface area is 150 Å². The molecule has 1 amide bonds. The highest BCUT2D eigenvalue weighted by Gasteiger charge is 2.26. The summed E-state index contributed by atoms with van der Waals surface area (Å²) in [4.78, 5) is 12.8. The molecule has 0 aliphatic heterocycles. The van der Waals surface area contributed by atoms with Crippen LogP contribution in [0.1, 0.15) is 54.5 Å². The Hall–Kier alpha value is -2.29. The van der Waals surface area contributed by atoms with Crippen molar-refractivity contribution in [3.63, 3.8) is 0 Å². The number of carbonyl (C=O) groups is 1. The predicted molar refractivity (Wildman–Crippen MR) is 101 cm³/mol. The van der Waals surface area contributed by atoms with Gasteiger partial charge >= 0.3 is 0 Å². The van der Waals surface area contributed by atoms with Crippen LogP contribution in [0.25, 0.3) is 0 Å². The molecule has 3 heteroatoms. The number of carbonyl (C=O) groups excluding carboxylic acids is 1. The van der Waals surface area contributed by atoms with Crippen LogP contribution >= 0.6 is 0 Å². The Morgan fingerprint density at radius 2 is 2.04 bits per heavy atom. The molecule has 3 rings (SSSR count). The van der Waals surface area contributed by atoms with Crippen LogP contribution in [-0.4, -0.2) is 12.0 Å². The van der Waals surface area contributed by atoms with Crippen LogP contribution in [0, 0.1) is 13.8 Å². The molecule has 25 heavy (non-hydrogen) atoms. The van der Waals surface area contributed by atoms with Gasteiger partial charge in [0.2, 0.25) is 0 Å². The first-order valence-corrected chi connectivity index (χ1v) is 9.20. The zero-order valence-corrected chi connectivity index (χ0v) is 15.3. The Bertz CT molecular complexity index is 753. The minimum absolute atomic E-state index is 0.0230. The molecule has 2 aromatic carbocycles. The number of aryl methyl sites for hydroxylation is 3. The molecular weight excluding hydrogens is 310 g/mol. The summed E-state index contributed by atoms with van der Waals surface area (Å²) in [6.07, 6.45) is 3.38. The second-order valence-corrected chi connectivity index (χ2v) is 6.94. The molecule has 0 fully saturated rings. The maximum absolute atomic E-state index is 12.8. The van der Waals surface area contributed by atoms with Gasteiger partial charge in [-0.25, -0.2) is 0 Å². The topological polar surface area (TPSA) is 38.3 Å². The standard InChI is InChI=1S/C22H27NO2/c1-4-20(25-21-14-15(2)12-13-16(21)3)22(24)23-19-11-7-9-17-8-5-6-10-18(17)19/h5-6,8,10,12-14,19-20H,4,7,9,11H2,1-3H3,(H,23,24)/t19-,20+/m0/s1. The number of hydrogen-bond acceptors (Lipinski definition) is 2. The third-order valence-electron chi connectivity index (χ3n) is 4.96. The highest BCUT2D eigenvalue weighted by molar-refractivity contribution is 5.81. The maximum Gasteiger partial charge on any atom is 0.261 e. The molecule has 1 aliphatic rings. The fourth-order valence-corrected chi connectivity index (χ4v) is 3.48. The molecule has 0 radical (unpaired) electrons. The lowest BCUT2D eigenvalue weighted by molar-refractivity contribution is -0.129. The van der Waals surface area contributed by atoms with Gasteiger partial charge in [0, 0.05) is 0 Å². The van der Waals surface area contributed by atoms with E-state index in [2.05, 4.69) is 29.6 Å². The fourth-order valence-electron chi connectivity index (χ4n) is 3.48. The summed E-state index contributed by atoms with van der Waals surface area (Å²) in [5.74, 6) is 0.774. The average molecular weight is 337 g/mol. The third kappa shape index (κ3) is 4.04. The third-order valence-corrected chi connectivity index (χ3v) is 4.96.